The van der Waals surface area contributed by atoms with E-state index in [9.17, 15) is 18.1 Å². The number of ether oxygens (including phenoxy) is 2. The van der Waals surface area contributed by atoms with E-state index < -0.39 is 35.0 Å². The van der Waals surface area contributed by atoms with Crippen molar-refractivity contribution in [1.82, 2.24) is 23.8 Å². The van der Waals surface area contributed by atoms with Crippen molar-refractivity contribution in [1.29, 1.82) is 0 Å². The Bertz CT molecular complexity index is 1160. The molecule has 0 spiro atoms. The van der Waals surface area contributed by atoms with Crippen molar-refractivity contribution < 1.29 is 27.6 Å². The van der Waals surface area contributed by atoms with E-state index in [1.807, 2.05) is 30.3 Å². The summed E-state index contributed by atoms with van der Waals surface area (Å²) in [6.45, 7) is 0.523. The standard InChI is InChI=1S/C18H22N6O6S/c1-23(31(26,27)28)18-14(29-2)13(25)17(30-18)24-10-22-12-15(20-9-21-16(12)24)19-8-11-6-4-3-5-7-11/h3-7,9-10,13-14,17-18,25H,8H2,1-2H3,(H,19,20,21)(H,26,27,28)/t13-,14+,17-,18-/m1/s1. The van der Waals surface area contributed by atoms with Gasteiger partial charge in [-0.3, -0.25) is 9.12 Å². The van der Waals surface area contributed by atoms with Crippen LogP contribution >= 0.6 is 0 Å². The predicted molar refractivity (Wildman–Crippen MR) is 109 cm³/mol. The lowest BCUT2D eigenvalue weighted by atomic mass is 10.2. The van der Waals surface area contributed by atoms with E-state index in [2.05, 4.69) is 20.3 Å². The van der Waals surface area contributed by atoms with Crippen LogP contribution in [0.5, 0.6) is 0 Å². The van der Waals surface area contributed by atoms with Gasteiger partial charge < -0.3 is 19.9 Å². The van der Waals surface area contributed by atoms with E-state index in [0.29, 0.717) is 27.8 Å². The summed E-state index contributed by atoms with van der Waals surface area (Å²) in [5.74, 6) is 0.495. The van der Waals surface area contributed by atoms with Crippen LogP contribution in [0, 0.1) is 0 Å². The van der Waals surface area contributed by atoms with Gasteiger partial charge in [-0.2, -0.15) is 12.7 Å². The van der Waals surface area contributed by atoms with Gasteiger partial charge in [0.05, 0.1) is 6.33 Å². The number of imidazole rings is 1. The zero-order valence-electron chi connectivity index (χ0n) is 16.7. The van der Waals surface area contributed by atoms with Gasteiger partial charge in [-0.25, -0.2) is 15.0 Å². The number of nitrogens with one attached hydrogen (secondary N) is 1. The highest BCUT2D eigenvalue weighted by Crippen LogP contribution is 2.35. The molecule has 31 heavy (non-hydrogen) atoms. The van der Waals surface area contributed by atoms with E-state index in [0.717, 1.165) is 12.6 Å². The SMILES string of the molecule is CO[C@H]1[C@@H](O)[C@H](n2cnc3c(NCc4ccccc4)ncnc32)O[C@H]1N(C)S(=O)(=O)O. The van der Waals surface area contributed by atoms with Gasteiger partial charge in [0.2, 0.25) is 0 Å². The molecule has 0 radical (unpaired) electrons. The maximum absolute atomic E-state index is 11.5. The quantitative estimate of drug-likeness (QED) is 0.431. The molecule has 12 nitrogen and oxygen atoms in total. The minimum absolute atomic E-state index is 0.375. The summed E-state index contributed by atoms with van der Waals surface area (Å²) in [6.07, 6.45) is -1.84. The minimum Gasteiger partial charge on any atom is -0.385 e. The molecule has 166 valence electrons. The number of benzene rings is 1. The van der Waals surface area contributed by atoms with E-state index >= 15 is 0 Å². The molecule has 2 aromatic heterocycles. The summed E-state index contributed by atoms with van der Waals surface area (Å²) in [6, 6.07) is 9.76. The Balaban J connectivity index is 1.62. The number of likely N-dealkylation sites (N-methyl/N-ethyl adjacent to an activating group) is 1. The van der Waals surface area contributed by atoms with Crippen molar-refractivity contribution in [2.45, 2.75) is 31.2 Å². The Labute approximate surface area is 178 Å². The Hall–Kier alpha value is -2.68. The number of rotatable bonds is 7. The van der Waals surface area contributed by atoms with Crippen LogP contribution in [-0.2, 0) is 26.3 Å². The van der Waals surface area contributed by atoms with Crippen molar-refractivity contribution in [2.75, 3.05) is 19.5 Å². The van der Waals surface area contributed by atoms with Crippen LogP contribution in [0.25, 0.3) is 11.2 Å². The second-order valence-electron chi connectivity index (χ2n) is 6.99. The van der Waals surface area contributed by atoms with Crippen LogP contribution in [0.1, 0.15) is 11.8 Å². The lowest BCUT2D eigenvalue weighted by molar-refractivity contribution is -0.0773. The topological polar surface area (TPSA) is 152 Å². The van der Waals surface area contributed by atoms with Gasteiger partial charge in [0.25, 0.3) is 0 Å². The van der Waals surface area contributed by atoms with Gasteiger partial charge in [-0.1, -0.05) is 30.3 Å². The van der Waals surface area contributed by atoms with Crippen LogP contribution in [-0.4, -0.2) is 74.5 Å². The summed E-state index contributed by atoms with van der Waals surface area (Å²) < 4.78 is 45.5. The predicted octanol–water partition coefficient (Wildman–Crippen LogP) is 0.404. The first-order valence-electron chi connectivity index (χ1n) is 9.33. The Morgan fingerprint density at radius 1 is 1.26 bits per heavy atom. The highest BCUT2D eigenvalue weighted by molar-refractivity contribution is 7.83. The number of fused-ring (bicyclic) bond motifs is 1. The largest absolute Gasteiger partial charge is 0.385 e. The molecule has 3 aromatic rings. The summed E-state index contributed by atoms with van der Waals surface area (Å²) in [5, 5.41) is 13.9. The average Bonchev–Trinajstić information content (AvgIpc) is 3.32. The third-order valence-electron chi connectivity index (χ3n) is 5.12. The van der Waals surface area contributed by atoms with Crippen molar-refractivity contribution in [3.05, 3.63) is 48.5 Å². The molecule has 0 amide bonds. The normalized spacial score (nSPS) is 24.2. The zero-order valence-corrected chi connectivity index (χ0v) is 17.5. The van der Waals surface area contributed by atoms with Crippen molar-refractivity contribution in [2.24, 2.45) is 0 Å². The van der Waals surface area contributed by atoms with Crippen molar-refractivity contribution in [3.63, 3.8) is 0 Å². The molecule has 3 N–H and O–H groups in total. The maximum Gasteiger partial charge on any atom is 0.337 e. The van der Waals surface area contributed by atoms with E-state index in [-0.39, 0.29) is 0 Å². The van der Waals surface area contributed by atoms with Gasteiger partial charge in [-0.05, 0) is 5.56 Å². The third kappa shape index (κ3) is 4.11. The molecule has 0 unspecified atom stereocenters. The number of nitrogens with zero attached hydrogens (tertiary/aromatic N) is 5. The van der Waals surface area contributed by atoms with E-state index in [1.54, 1.807) is 0 Å². The van der Waals surface area contributed by atoms with Crippen LogP contribution < -0.4 is 5.32 Å². The molecule has 4 rings (SSSR count). The van der Waals surface area contributed by atoms with E-state index in [4.69, 9.17) is 9.47 Å². The molecule has 0 saturated carbocycles. The average molecular weight is 450 g/mol. The fourth-order valence-electron chi connectivity index (χ4n) is 3.49. The van der Waals surface area contributed by atoms with Gasteiger partial charge in [0.15, 0.2) is 29.4 Å². The van der Waals surface area contributed by atoms with E-state index in [1.165, 1.54) is 24.3 Å². The lowest BCUT2D eigenvalue weighted by Crippen LogP contribution is -2.45. The monoisotopic (exact) mass is 450 g/mol. The maximum atomic E-state index is 11.5. The minimum atomic E-state index is -4.57. The molecule has 13 heteroatoms. The fraction of sp³-hybridized carbons (Fsp3) is 0.389. The molecule has 4 atom stereocenters. The number of hydrogen-bond donors (Lipinski definition) is 3. The first-order chi connectivity index (χ1) is 14.8. The number of anilines is 1. The molecule has 1 aliphatic heterocycles. The van der Waals surface area contributed by atoms with Crippen molar-refractivity contribution >= 4 is 27.3 Å². The van der Waals surface area contributed by atoms with Crippen LogP contribution in [0.2, 0.25) is 0 Å². The zero-order chi connectivity index (χ0) is 22.2. The van der Waals surface area contributed by atoms with Crippen LogP contribution in [0.4, 0.5) is 5.82 Å². The second kappa shape index (κ2) is 8.45. The summed E-state index contributed by atoms with van der Waals surface area (Å²) in [5.41, 5.74) is 1.89. The number of hydrogen-bond acceptors (Lipinski definition) is 9. The summed E-state index contributed by atoms with van der Waals surface area (Å²) in [4.78, 5) is 12.8. The second-order valence-corrected chi connectivity index (χ2v) is 8.46. The summed E-state index contributed by atoms with van der Waals surface area (Å²) in [7, 11) is -2.14. The van der Waals surface area contributed by atoms with Gasteiger partial charge in [-0.15, -0.1) is 0 Å². The number of aliphatic hydroxyl groups excluding tert-OH is 1. The third-order valence-corrected chi connectivity index (χ3v) is 6.05. The molecule has 0 aliphatic carbocycles. The first-order valence-corrected chi connectivity index (χ1v) is 10.7. The highest BCUT2D eigenvalue weighted by atomic mass is 32.2. The number of methoxy groups -OCH3 is 1. The Kier molecular flexibility index (Phi) is 5.88. The highest BCUT2D eigenvalue weighted by Gasteiger charge is 2.49. The molecule has 1 aliphatic rings. The van der Waals surface area contributed by atoms with Crippen molar-refractivity contribution in [3.8, 4) is 0 Å². The molecular weight excluding hydrogens is 428 g/mol. The first kappa shape index (κ1) is 21.5. The number of aromatic nitrogens is 4. The molecule has 3 heterocycles. The molecule has 1 aromatic carbocycles. The lowest BCUT2D eigenvalue weighted by Gasteiger charge is -2.24. The Morgan fingerprint density at radius 3 is 2.68 bits per heavy atom. The Morgan fingerprint density at radius 2 is 2.00 bits per heavy atom. The smallest absolute Gasteiger partial charge is 0.337 e. The fourth-order valence-corrected chi connectivity index (χ4v) is 3.92. The van der Waals surface area contributed by atoms with Gasteiger partial charge in [0, 0.05) is 20.7 Å². The molecule has 0 bridgehead atoms. The van der Waals surface area contributed by atoms with Gasteiger partial charge >= 0.3 is 10.3 Å². The summed E-state index contributed by atoms with van der Waals surface area (Å²) >= 11 is 0. The van der Waals surface area contributed by atoms with Crippen LogP contribution in [0.3, 0.4) is 0 Å². The number of aliphatic hydroxyl groups is 1. The van der Waals surface area contributed by atoms with Crippen LogP contribution in [0.15, 0.2) is 43.0 Å². The molecule has 1 fully saturated rings. The molecule has 1 saturated heterocycles. The molecular formula is C18H22N6O6S. The van der Waals surface area contributed by atoms with Gasteiger partial charge in [0.1, 0.15) is 18.5 Å².